The van der Waals surface area contributed by atoms with Crippen LogP contribution < -0.4 is 0 Å². The molecule has 0 saturated heterocycles. The van der Waals surface area contributed by atoms with Crippen LogP contribution in [0.2, 0.25) is 0 Å². The highest BCUT2D eigenvalue weighted by Crippen LogP contribution is 1.57. The van der Waals surface area contributed by atoms with Gasteiger partial charge in [0.2, 0.25) is 0 Å². The maximum absolute atomic E-state index is 3.00. The van der Waals surface area contributed by atoms with Gasteiger partial charge in [-0.15, -0.1) is 32.0 Å². The van der Waals surface area contributed by atoms with Crippen LogP contribution in [0.3, 0.4) is 0 Å². The molecule has 0 atom stereocenters. The molecule has 0 aromatic carbocycles. The molecule has 0 radical (unpaired) electrons. The van der Waals surface area contributed by atoms with Crippen molar-refractivity contribution in [1.82, 2.24) is 0 Å². The summed E-state index contributed by atoms with van der Waals surface area (Å²) in [6, 6.07) is 0. The Morgan fingerprint density at radius 2 is 1.11 bits per heavy atom. The Bertz CT molecular complexity index is 66.0. The zero-order valence-corrected chi connectivity index (χ0v) is 6.48. The maximum Gasteiger partial charge on any atom is -0.0393 e. The highest BCUT2D eigenvalue weighted by molar-refractivity contribution is 4.76. The van der Waals surface area contributed by atoms with Crippen LogP contribution in [0.5, 0.6) is 0 Å². The fourth-order valence-corrected chi connectivity index (χ4v) is 0.167. The van der Waals surface area contributed by atoms with Crippen molar-refractivity contribution in [1.29, 1.82) is 0 Å². The van der Waals surface area contributed by atoms with E-state index in [9.17, 15) is 0 Å². The van der Waals surface area contributed by atoms with Crippen molar-refractivity contribution in [2.45, 2.75) is 13.8 Å². The third-order valence-corrected chi connectivity index (χ3v) is 0.333. The number of allylic oxidation sites excluding steroid dienone is 1. The van der Waals surface area contributed by atoms with Gasteiger partial charge in [0.05, 0.1) is 0 Å². The van der Waals surface area contributed by atoms with E-state index < -0.39 is 0 Å². The highest BCUT2D eigenvalue weighted by atomic mass is 13.4. The van der Waals surface area contributed by atoms with Gasteiger partial charge in [0, 0.05) is 0 Å². The SMILES string of the molecule is C=C.C=C.CC=C=CC. The predicted molar refractivity (Wildman–Crippen MR) is 46.5 cm³/mol. The molecule has 0 aliphatic heterocycles. The summed E-state index contributed by atoms with van der Waals surface area (Å²) < 4.78 is 0. The number of rotatable bonds is 0. The summed E-state index contributed by atoms with van der Waals surface area (Å²) in [5, 5.41) is 0. The minimum Gasteiger partial charge on any atom is -0.130 e. The van der Waals surface area contributed by atoms with Crippen molar-refractivity contribution in [3.8, 4) is 0 Å². The molecule has 0 saturated carbocycles. The van der Waals surface area contributed by atoms with E-state index in [2.05, 4.69) is 32.0 Å². The number of hydrogen-bond acceptors (Lipinski definition) is 0. The largest absolute Gasteiger partial charge is 0.130 e. The number of hydrogen-bond donors (Lipinski definition) is 0. The van der Waals surface area contributed by atoms with Crippen LogP contribution in [0.4, 0.5) is 0 Å². The molecular formula is C9H16. The molecule has 9 heavy (non-hydrogen) atoms. The first kappa shape index (κ1) is 15.7. The van der Waals surface area contributed by atoms with Crippen molar-refractivity contribution in [3.63, 3.8) is 0 Å². The van der Waals surface area contributed by atoms with Crippen LogP contribution in [0.1, 0.15) is 13.8 Å². The minimum absolute atomic E-state index is 1.88. The molecule has 0 unspecified atom stereocenters. The fraction of sp³-hybridized carbons (Fsp3) is 0.222. The summed E-state index contributed by atoms with van der Waals surface area (Å²) in [6.45, 7) is 15.9. The van der Waals surface area contributed by atoms with E-state index in [1.165, 1.54) is 0 Å². The zero-order chi connectivity index (χ0) is 8.12. The van der Waals surface area contributed by atoms with Gasteiger partial charge in [-0.25, -0.2) is 0 Å². The van der Waals surface area contributed by atoms with Gasteiger partial charge in [-0.3, -0.25) is 0 Å². The lowest BCUT2D eigenvalue weighted by Gasteiger charge is -1.48. The van der Waals surface area contributed by atoms with E-state index in [1.54, 1.807) is 0 Å². The summed E-state index contributed by atoms with van der Waals surface area (Å²) in [4.78, 5) is 0. The fourth-order valence-electron chi connectivity index (χ4n) is 0.167. The lowest BCUT2D eigenvalue weighted by atomic mass is 10.6. The Balaban J connectivity index is -0.0000000771. The minimum atomic E-state index is 1.88. The molecule has 0 spiro atoms. The molecule has 0 amide bonds. The molecule has 0 aromatic rings. The van der Waals surface area contributed by atoms with E-state index in [0.717, 1.165) is 0 Å². The van der Waals surface area contributed by atoms with Crippen molar-refractivity contribution >= 4 is 0 Å². The van der Waals surface area contributed by atoms with Crippen molar-refractivity contribution in [2.24, 2.45) is 0 Å². The van der Waals surface area contributed by atoms with Gasteiger partial charge >= 0.3 is 0 Å². The summed E-state index contributed by atoms with van der Waals surface area (Å²) in [5.41, 5.74) is 2.86. The third kappa shape index (κ3) is 175. The summed E-state index contributed by atoms with van der Waals surface area (Å²) in [7, 11) is 0. The standard InChI is InChI=1S/C5H8.2C2H4/c1-3-5-4-2;2*1-2/h3-4H,1-2H3;2*1-2H2. The average molecular weight is 124 g/mol. The van der Waals surface area contributed by atoms with Crippen molar-refractivity contribution in [2.75, 3.05) is 0 Å². The Hall–Kier alpha value is -1.00. The Kier molecular flexibility index (Phi) is 110. The zero-order valence-electron chi connectivity index (χ0n) is 6.48. The third-order valence-electron chi connectivity index (χ3n) is 0.333. The van der Waals surface area contributed by atoms with Crippen LogP contribution in [0.25, 0.3) is 0 Å². The molecule has 0 aromatic heterocycles. The average Bonchev–Trinajstić information content (AvgIpc) is 1.98. The molecular weight excluding hydrogens is 108 g/mol. The first-order valence-electron chi connectivity index (χ1n) is 2.73. The quantitative estimate of drug-likeness (QED) is 0.343. The molecule has 0 heteroatoms. The van der Waals surface area contributed by atoms with E-state index in [0.29, 0.717) is 0 Å². The summed E-state index contributed by atoms with van der Waals surface area (Å²) >= 11 is 0. The Morgan fingerprint density at radius 1 is 0.889 bits per heavy atom. The second-order valence-electron chi connectivity index (χ2n) is 0.744. The Labute approximate surface area is 58.9 Å². The topological polar surface area (TPSA) is 0 Å². The van der Waals surface area contributed by atoms with Crippen LogP contribution in [-0.4, -0.2) is 0 Å². The van der Waals surface area contributed by atoms with Crippen molar-refractivity contribution in [3.05, 3.63) is 44.2 Å². The molecule has 0 aliphatic carbocycles. The maximum atomic E-state index is 3.00. The first-order valence-corrected chi connectivity index (χ1v) is 2.73. The molecule has 52 valence electrons. The van der Waals surface area contributed by atoms with E-state index in [1.807, 2.05) is 26.0 Å². The smallest absolute Gasteiger partial charge is 0.0393 e. The van der Waals surface area contributed by atoms with Gasteiger partial charge in [0.25, 0.3) is 0 Å². The molecule has 0 N–H and O–H groups in total. The first-order chi connectivity index (χ1) is 4.41. The van der Waals surface area contributed by atoms with Gasteiger partial charge in [0.15, 0.2) is 0 Å². The second-order valence-corrected chi connectivity index (χ2v) is 0.744. The predicted octanol–water partition coefficient (Wildman–Crippen LogP) is 3.34. The van der Waals surface area contributed by atoms with Gasteiger partial charge in [-0.05, 0) is 26.0 Å². The van der Waals surface area contributed by atoms with Crippen LogP contribution in [0.15, 0.2) is 44.2 Å². The van der Waals surface area contributed by atoms with E-state index in [-0.39, 0.29) is 0 Å². The van der Waals surface area contributed by atoms with Gasteiger partial charge in [-0.2, -0.15) is 0 Å². The van der Waals surface area contributed by atoms with E-state index >= 15 is 0 Å². The normalized spacial score (nSPS) is 3.78. The van der Waals surface area contributed by atoms with Gasteiger partial charge in [-0.1, -0.05) is 0 Å². The van der Waals surface area contributed by atoms with Gasteiger partial charge < -0.3 is 0 Å². The lowest BCUT2D eigenvalue weighted by molar-refractivity contribution is 1.71. The highest BCUT2D eigenvalue weighted by Gasteiger charge is 1.35. The van der Waals surface area contributed by atoms with Crippen molar-refractivity contribution < 1.29 is 0 Å². The lowest BCUT2D eigenvalue weighted by Crippen LogP contribution is -1.26. The molecule has 0 aliphatic rings. The Morgan fingerprint density at radius 3 is 1.11 bits per heavy atom. The molecule has 0 heterocycles. The van der Waals surface area contributed by atoms with Crippen LogP contribution >= 0.6 is 0 Å². The second kappa shape index (κ2) is 63.0. The van der Waals surface area contributed by atoms with E-state index in [4.69, 9.17) is 0 Å². The summed E-state index contributed by atoms with van der Waals surface area (Å²) in [5.74, 6) is 0. The molecule has 0 fully saturated rings. The molecule has 0 nitrogen and oxygen atoms in total. The van der Waals surface area contributed by atoms with Gasteiger partial charge in [0.1, 0.15) is 0 Å². The molecule has 0 rings (SSSR count). The van der Waals surface area contributed by atoms with Crippen LogP contribution in [-0.2, 0) is 0 Å². The summed E-state index contributed by atoms with van der Waals surface area (Å²) in [6.07, 6.45) is 3.75. The monoisotopic (exact) mass is 124 g/mol. The van der Waals surface area contributed by atoms with Crippen LogP contribution in [0, 0.1) is 0 Å². The molecule has 0 bridgehead atoms.